The Hall–Kier alpha value is -2.14. The van der Waals surface area contributed by atoms with Gasteiger partial charge in [-0.3, -0.25) is 9.59 Å². The first-order valence-corrected chi connectivity index (χ1v) is 8.72. The Bertz CT molecular complexity index is 748. The number of carbonyl (C=O) groups is 2. The smallest absolute Gasteiger partial charge is 0.229 e. The molecule has 0 radical (unpaired) electrons. The zero-order valence-corrected chi connectivity index (χ0v) is 15.0. The van der Waals surface area contributed by atoms with Crippen LogP contribution in [0.1, 0.15) is 24.4 Å². The second-order valence-corrected chi connectivity index (χ2v) is 6.92. The van der Waals surface area contributed by atoms with Crippen molar-refractivity contribution in [1.29, 1.82) is 0 Å². The van der Waals surface area contributed by atoms with Gasteiger partial charge in [0.05, 0.1) is 12.0 Å². The molecule has 2 amide bonds. The molecule has 0 bridgehead atoms. The molecule has 24 heavy (non-hydrogen) atoms. The maximum absolute atomic E-state index is 12.9. The predicted octanol–water partition coefficient (Wildman–Crippen LogP) is 4.00. The number of nitrogens with zero attached hydrogens (tertiary/aromatic N) is 1. The Morgan fingerprint density at radius 3 is 2.62 bits per heavy atom. The van der Waals surface area contributed by atoms with Crippen LogP contribution in [0.15, 0.2) is 59.1 Å². The molecular formula is C19H19BrN2O2. The Balaban J connectivity index is 1.86. The number of piperidine rings is 1. The first-order chi connectivity index (χ1) is 11.6. The lowest BCUT2D eigenvalue weighted by Gasteiger charge is -2.38. The van der Waals surface area contributed by atoms with Crippen LogP contribution >= 0.6 is 15.9 Å². The van der Waals surface area contributed by atoms with E-state index >= 15 is 0 Å². The molecule has 1 aliphatic rings. The standard InChI is InChI=1S/C19H19BrN2O2/c1-22-17(23)11-10-16(18(22)13-6-3-2-4-7-13)19(24)21-15-9-5-8-14(20)12-15/h2-9,12,16,18H,10-11H2,1H3,(H,21,24)/t16-,18+/m0/s1. The first-order valence-electron chi connectivity index (χ1n) is 7.93. The minimum Gasteiger partial charge on any atom is -0.338 e. The zero-order chi connectivity index (χ0) is 17.1. The van der Waals surface area contributed by atoms with Crippen LogP contribution in [0, 0.1) is 5.92 Å². The van der Waals surface area contributed by atoms with Crippen LogP contribution in [0.3, 0.4) is 0 Å². The zero-order valence-electron chi connectivity index (χ0n) is 13.4. The van der Waals surface area contributed by atoms with Crippen molar-refractivity contribution in [3.05, 3.63) is 64.6 Å². The van der Waals surface area contributed by atoms with Gasteiger partial charge in [-0.05, 0) is 30.2 Å². The lowest BCUT2D eigenvalue weighted by molar-refractivity contribution is -0.140. The van der Waals surface area contributed by atoms with E-state index in [9.17, 15) is 9.59 Å². The molecule has 0 aliphatic carbocycles. The highest BCUT2D eigenvalue weighted by atomic mass is 79.9. The van der Waals surface area contributed by atoms with Gasteiger partial charge in [-0.1, -0.05) is 52.3 Å². The Kier molecular flexibility index (Phi) is 5.00. The number of anilines is 1. The molecule has 2 atom stereocenters. The van der Waals surface area contributed by atoms with Gasteiger partial charge in [0, 0.05) is 23.6 Å². The molecule has 0 aromatic heterocycles. The molecule has 0 spiro atoms. The SMILES string of the molecule is CN1C(=O)CC[C@H](C(=O)Nc2cccc(Br)c2)[C@H]1c1ccccc1. The topological polar surface area (TPSA) is 49.4 Å². The number of rotatable bonds is 3. The fraction of sp³-hybridized carbons (Fsp3) is 0.263. The van der Waals surface area contributed by atoms with Gasteiger partial charge in [0.15, 0.2) is 0 Å². The Labute approximate surface area is 150 Å². The largest absolute Gasteiger partial charge is 0.338 e. The van der Waals surface area contributed by atoms with Crippen LogP contribution in [0.4, 0.5) is 5.69 Å². The Morgan fingerprint density at radius 2 is 1.92 bits per heavy atom. The molecule has 1 fully saturated rings. The van der Waals surface area contributed by atoms with Gasteiger partial charge >= 0.3 is 0 Å². The highest BCUT2D eigenvalue weighted by Crippen LogP contribution is 2.36. The monoisotopic (exact) mass is 386 g/mol. The summed E-state index contributed by atoms with van der Waals surface area (Å²) in [6, 6.07) is 17.0. The number of halogens is 1. The molecular weight excluding hydrogens is 368 g/mol. The summed E-state index contributed by atoms with van der Waals surface area (Å²) in [5.74, 6) is -0.245. The van der Waals surface area contributed by atoms with Crippen molar-refractivity contribution < 1.29 is 9.59 Å². The highest BCUT2D eigenvalue weighted by molar-refractivity contribution is 9.10. The summed E-state index contributed by atoms with van der Waals surface area (Å²) >= 11 is 3.41. The average Bonchev–Trinajstić information content (AvgIpc) is 2.58. The fourth-order valence-electron chi connectivity index (χ4n) is 3.22. The minimum atomic E-state index is -0.269. The van der Waals surface area contributed by atoms with E-state index in [1.54, 1.807) is 11.9 Å². The second kappa shape index (κ2) is 7.18. The first kappa shape index (κ1) is 16.7. The van der Waals surface area contributed by atoms with Gasteiger partial charge in [0.2, 0.25) is 11.8 Å². The highest BCUT2D eigenvalue weighted by Gasteiger charge is 2.38. The van der Waals surface area contributed by atoms with E-state index in [1.807, 2.05) is 54.6 Å². The predicted molar refractivity (Wildman–Crippen MR) is 97.4 cm³/mol. The third kappa shape index (κ3) is 3.51. The molecule has 0 saturated carbocycles. The third-order valence-electron chi connectivity index (χ3n) is 4.43. The van der Waals surface area contributed by atoms with Gasteiger partial charge in [-0.15, -0.1) is 0 Å². The molecule has 3 rings (SSSR count). The van der Waals surface area contributed by atoms with Crippen LogP contribution < -0.4 is 5.32 Å². The quantitative estimate of drug-likeness (QED) is 0.866. The number of hydrogen-bond acceptors (Lipinski definition) is 2. The molecule has 1 heterocycles. The minimum absolute atomic E-state index is 0.0543. The summed E-state index contributed by atoms with van der Waals surface area (Å²) in [7, 11) is 1.78. The summed E-state index contributed by atoms with van der Waals surface area (Å²) in [5, 5.41) is 2.98. The molecule has 1 aliphatic heterocycles. The molecule has 2 aromatic carbocycles. The number of nitrogens with one attached hydrogen (secondary N) is 1. The molecule has 1 N–H and O–H groups in total. The summed E-state index contributed by atoms with van der Waals surface area (Å²) in [4.78, 5) is 26.7. The van der Waals surface area contributed by atoms with E-state index in [0.717, 1.165) is 15.7 Å². The summed E-state index contributed by atoms with van der Waals surface area (Å²) in [6.07, 6.45) is 0.957. The number of amides is 2. The number of hydrogen-bond donors (Lipinski definition) is 1. The molecule has 4 nitrogen and oxygen atoms in total. The second-order valence-electron chi connectivity index (χ2n) is 6.00. The number of likely N-dealkylation sites (tertiary alicyclic amines) is 1. The number of carbonyl (C=O) groups excluding carboxylic acids is 2. The molecule has 1 saturated heterocycles. The van der Waals surface area contributed by atoms with Crippen molar-refractivity contribution in [2.45, 2.75) is 18.9 Å². The van der Waals surface area contributed by atoms with Crippen molar-refractivity contribution in [3.63, 3.8) is 0 Å². The normalized spacial score (nSPS) is 20.8. The van der Waals surface area contributed by atoms with Crippen LogP contribution in [0.2, 0.25) is 0 Å². The van der Waals surface area contributed by atoms with Gasteiger partial charge in [0.1, 0.15) is 0 Å². The van der Waals surface area contributed by atoms with Crippen LogP contribution in [0.25, 0.3) is 0 Å². The maximum atomic E-state index is 12.9. The van der Waals surface area contributed by atoms with E-state index in [2.05, 4.69) is 21.2 Å². The van der Waals surface area contributed by atoms with E-state index in [1.165, 1.54) is 0 Å². The average molecular weight is 387 g/mol. The van der Waals surface area contributed by atoms with Crippen molar-refractivity contribution in [2.24, 2.45) is 5.92 Å². The van der Waals surface area contributed by atoms with Crippen LogP contribution in [-0.4, -0.2) is 23.8 Å². The van der Waals surface area contributed by atoms with Crippen molar-refractivity contribution in [2.75, 3.05) is 12.4 Å². The summed E-state index contributed by atoms with van der Waals surface area (Å²) < 4.78 is 0.913. The lowest BCUT2D eigenvalue weighted by Crippen LogP contribution is -2.44. The molecule has 2 aromatic rings. The molecule has 0 unspecified atom stereocenters. The number of benzene rings is 2. The van der Waals surface area contributed by atoms with Gasteiger partial charge in [-0.2, -0.15) is 0 Å². The maximum Gasteiger partial charge on any atom is 0.229 e. The van der Waals surface area contributed by atoms with E-state index in [-0.39, 0.29) is 23.8 Å². The molecule has 5 heteroatoms. The lowest BCUT2D eigenvalue weighted by atomic mass is 9.84. The van der Waals surface area contributed by atoms with Crippen LogP contribution in [-0.2, 0) is 9.59 Å². The van der Waals surface area contributed by atoms with Crippen LogP contribution in [0.5, 0.6) is 0 Å². The van der Waals surface area contributed by atoms with Gasteiger partial charge < -0.3 is 10.2 Å². The third-order valence-corrected chi connectivity index (χ3v) is 4.92. The van der Waals surface area contributed by atoms with Crippen molar-refractivity contribution >= 4 is 33.4 Å². The van der Waals surface area contributed by atoms with E-state index < -0.39 is 0 Å². The van der Waals surface area contributed by atoms with Gasteiger partial charge in [-0.25, -0.2) is 0 Å². The summed E-state index contributed by atoms with van der Waals surface area (Å²) in [5.41, 5.74) is 1.74. The van der Waals surface area contributed by atoms with Gasteiger partial charge in [0.25, 0.3) is 0 Å². The van der Waals surface area contributed by atoms with Crippen molar-refractivity contribution in [1.82, 2.24) is 4.90 Å². The Morgan fingerprint density at radius 1 is 1.17 bits per heavy atom. The summed E-state index contributed by atoms with van der Waals surface area (Å²) in [6.45, 7) is 0. The fourth-order valence-corrected chi connectivity index (χ4v) is 3.62. The van der Waals surface area contributed by atoms with Crippen molar-refractivity contribution in [3.8, 4) is 0 Å². The van der Waals surface area contributed by atoms with E-state index in [0.29, 0.717) is 12.8 Å². The molecule has 124 valence electrons. The van der Waals surface area contributed by atoms with E-state index in [4.69, 9.17) is 0 Å².